The van der Waals surface area contributed by atoms with E-state index in [-0.39, 0.29) is 11.7 Å². The Bertz CT molecular complexity index is 890. The number of anilines is 2. The molecule has 0 saturated heterocycles. The smallest absolute Gasteiger partial charge is 0.234 e. The molecule has 1 heterocycles. The van der Waals surface area contributed by atoms with Crippen molar-refractivity contribution in [1.82, 2.24) is 14.8 Å². The highest BCUT2D eigenvalue weighted by atomic mass is 32.2. The molecule has 3 rings (SSSR count). The van der Waals surface area contributed by atoms with E-state index in [2.05, 4.69) is 15.5 Å². The molecule has 0 bridgehead atoms. The van der Waals surface area contributed by atoms with E-state index in [9.17, 15) is 4.79 Å². The molecule has 0 atom stereocenters. The topological polar surface area (TPSA) is 63.1 Å². The first-order valence-corrected chi connectivity index (χ1v) is 9.75. The molecule has 1 amide bonds. The number of hydrogen-bond acceptors (Lipinski definition) is 5. The van der Waals surface area contributed by atoms with Crippen LogP contribution in [-0.4, -0.2) is 40.5 Å². The number of benzene rings is 2. The molecule has 1 N–H and O–H groups in total. The first-order valence-electron chi connectivity index (χ1n) is 8.77. The van der Waals surface area contributed by atoms with Crippen molar-refractivity contribution in [2.75, 3.05) is 30.1 Å². The van der Waals surface area contributed by atoms with Crippen molar-refractivity contribution < 1.29 is 4.79 Å². The third-order valence-electron chi connectivity index (χ3n) is 4.06. The van der Waals surface area contributed by atoms with Gasteiger partial charge in [-0.2, -0.15) is 0 Å². The van der Waals surface area contributed by atoms with Crippen molar-refractivity contribution >= 4 is 29.0 Å². The molecular weight excluding hydrogens is 358 g/mol. The van der Waals surface area contributed by atoms with Gasteiger partial charge in [-0.05, 0) is 31.2 Å². The molecule has 7 heteroatoms. The number of carbonyl (C=O) groups excluding carboxylic acids is 1. The van der Waals surface area contributed by atoms with Gasteiger partial charge in [0, 0.05) is 37.6 Å². The van der Waals surface area contributed by atoms with Crippen molar-refractivity contribution in [2.45, 2.75) is 18.6 Å². The SMILES string of the molecule is CCn1c(SCC(=O)Nc2ccc(N(C)C)cc2)nnc1-c1ccccc1. The second-order valence-corrected chi connectivity index (χ2v) is 7.14. The van der Waals surface area contributed by atoms with Gasteiger partial charge in [-0.25, -0.2) is 0 Å². The Hall–Kier alpha value is -2.80. The molecule has 3 aromatic rings. The van der Waals surface area contributed by atoms with Crippen molar-refractivity contribution in [2.24, 2.45) is 0 Å². The van der Waals surface area contributed by atoms with Crippen molar-refractivity contribution in [1.29, 1.82) is 0 Å². The molecule has 2 aromatic carbocycles. The minimum Gasteiger partial charge on any atom is -0.378 e. The van der Waals surface area contributed by atoms with E-state index in [4.69, 9.17) is 0 Å². The third-order valence-corrected chi connectivity index (χ3v) is 5.03. The van der Waals surface area contributed by atoms with Crippen LogP contribution in [0.25, 0.3) is 11.4 Å². The maximum absolute atomic E-state index is 12.3. The second-order valence-electron chi connectivity index (χ2n) is 6.19. The van der Waals surface area contributed by atoms with Crippen LogP contribution in [0.4, 0.5) is 11.4 Å². The zero-order valence-corrected chi connectivity index (χ0v) is 16.5. The average Bonchev–Trinajstić information content (AvgIpc) is 3.10. The zero-order valence-electron chi connectivity index (χ0n) is 15.7. The number of nitrogens with zero attached hydrogens (tertiary/aromatic N) is 4. The number of thioether (sulfide) groups is 1. The highest BCUT2D eigenvalue weighted by Crippen LogP contribution is 2.24. The normalized spacial score (nSPS) is 10.6. The largest absolute Gasteiger partial charge is 0.378 e. The Morgan fingerprint density at radius 3 is 2.41 bits per heavy atom. The maximum Gasteiger partial charge on any atom is 0.234 e. The highest BCUT2D eigenvalue weighted by Gasteiger charge is 2.14. The summed E-state index contributed by atoms with van der Waals surface area (Å²) in [5, 5.41) is 12.2. The lowest BCUT2D eigenvalue weighted by Gasteiger charge is -2.13. The van der Waals surface area contributed by atoms with E-state index in [0.717, 1.165) is 34.5 Å². The highest BCUT2D eigenvalue weighted by molar-refractivity contribution is 7.99. The molecule has 0 fully saturated rings. The van der Waals surface area contributed by atoms with E-state index in [1.807, 2.05) is 85.1 Å². The van der Waals surface area contributed by atoms with Gasteiger partial charge in [0.05, 0.1) is 5.75 Å². The van der Waals surface area contributed by atoms with E-state index in [0.29, 0.717) is 0 Å². The molecular formula is C20H23N5OS. The van der Waals surface area contributed by atoms with E-state index in [1.54, 1.807) is 0 Å². The van der Waals surface area contributed by atoms with Gasteiger partial charge in [0.2, 0.25) is 5.91 Å². The summed E-state index contributed by atoms with van der Waals surface area (Å²) in [6.45, 7) is 2.79. The molecule has 1 aromatic heterocycles. The molecule has 6 nitrogen and oxygen atoms in total. The molecule has 0 unspecified atom stereocenters. The van der Waals surface area contributed by atoms with Gasteiger partial charge < -0.3 is 14.8 Å². The van der Waals surface area contributed by atoms with Gasteiger partial charge in [-0.1, -0.05) is 42.1 Å². The van der Waals surface area contributed by atoms with Gasteiger partial charge in [-0.3, -0.25) is 4.79 Å². The molecule has 0 aliphatic rings. The molecule has 0 spiro atoms. The summed E-state index contributed by atoms with van der Waals surface area (Å²) in [4.78, 5) is 14.3. The van der Waals surface area contributed by atoms with Crippen LogP contribution in [0.15, 0.2) is 59.8 Å². The number of amides is 1. The van der Waals surface area contributed by atoms with Crippen LogP contribution in [0, 0.1) is 0 Å². The number of hydrogen-bond donors (Lipinski definition) is 1. The second kappa shape index (κ2) is 8.73. The summed E-state index contributed by atoms with van der Waals surface area (Å²) >= 11 is 1.39. The number of nitrogens with one attached hydrogen (secondary N) is 1. The predicted molar refractivity (Wildman–Crippen MR) is 111 cm³/mol. The summed E-state index contributed by atoms with van der Waals surface area (Å²) in [6.07, 6.45) is 0. The van der Waals surface area contributed by atoms with E-state index < -0.39 is 0 Å². The summed E-state index contributed by atoms with van der Waals surface area (Å²) < 4.78 is 2.03. The van der Waals surface area contributed by atoms with Crippen LogP contribution in [0.5, 0.6) is 0 Å². The molecule has 0 aliphatic carbocycles. The van der Waals surface area contributed by atoms with Gasteiger partial charge in [0.15, 0.2) is 11.0 Å². The first-order chi connectivity index (χ1) is 13.1. The van der Waals surface area contributed by atoms with Gasteiger partial charge >= 0.3 is 0 Å². The van der Waals surface area contributed by atoms with E-state index in [1.165, 1.54) is 11.8 Å². The number of rotatable bonds is 7. The quantitative estimate of drug-likeness (QED) is 0.631. The van der Waals surface area contributed by atoms with Gasteiger partial charge in [-0.15, -0.1) is 10.2 Å². The Morgan fingerprint density at radius 1 is 1.07 bits per heavy atom. The minimum atomic E-state index is -0.0653. The van der Waals surface area contributed by atoms with Crippen LogP contribution in [0.1, 0.15) is 6.92 Å². The van der Waals surface area contributed by atoms with Crippen LogP contribution in [-0.2, 0) is 11.3 Å². The molecule has 0 aliphatic heterocycles. The fourth-order valence-electron chi connectivity index (χ4n) is 2.65. The summed E-state index contributed by atoms with van der Waals surface area (Å²) in [7, 11) is 3.97. The molecule has 140 valence electrons. The van der Waals surface area contributed by atoms with Crippen LogP contribution in [0.2, 0.25) is 0 Å². The lowest BCUT2D eigenvalue weighted by molar-refractivity contribution is -0.113. The molecule has 27 heavy (non-hydrogen) atoms. The van der Waals surface area contributed by atoms with Gasteiger partial charge in [0.25, 0.3) is 0 Å². The predicted octanol–water partition coefficient (Wildman–Crippen LogP) is 3.76. The Morgan fingerprint density at radius 2 is 1.78 bits per heavy atom. The Balaban J connectivity index is 1.63. The van der Waals surface area contributed by atoms with Crippen LogP contribution < -0.4 is 10.2 Å². The van der Waals surface area contributed by atoms with Crippen LogP contribution >= 0.6 is 11.8 Å². The monoisotopic (exact) mass is 381 g/mol. The number of aromatic nitrogens is 3. The minimum absolute atomic E-state index is 0.0653. The number of carbonyl (C=O) groups is 1. The zero-order chi connectivity index (χ0) is 19.2. The Kier molecular flexibility index (Phi) is 6.13. The lowest BCUT2D eigenvalue weighted by atomic mass is 10.2. The van der Waals surface area contributed by atoms with E-state index >= 15 is 0 Å². The maximum atomic E-state index is 12.3. The van der Waals surface area contributed by atoms with Crippen molar-refractivity contribution in [3.05, 3.63) is 54.6 Å². The van der Waals surface area contributed by atoms with Crippen molar-refractivity contribution in [3.8, 4) is 11.4 Å². The standard InChI is InChI=1S/C20H23N5OS/c1-4-25-19(15-8-6-5-7-9-15)22-23-20(25)27-14-18(26)21-16-10-12-17(13-11-16)24(2)3/h5-13H,4,14H2,1-3H3,(H,21,26). The summed E-state index contributed by atoms with van der Waals surface area (Å²) in [5.74, 6) is 1.03. The van der Waals surface area contributed by atoms with Crippen molar-refractivity contribution in [3.63, 3.8) is 0 Å². The summed E-state index contributed by atoms with van der Waals surface area (Å²) in [5.41, 5.74) is 2.89. The first kappa shape index (κ1) is 19.0. The fraction of sp³-hybridized carbons (Fsp3) is 0.250. The molecule has 0 saturated carbocycles. The van der Waals surface area contributed by atoms with Gasteiger partial charge in [0.1, 0.15) is 0 Å². The lowest BCUT2D eigenvalue weighted by Crippen LogP contribution is -2.15. The molecule has 0 radical (unpaired) electrons. The summed E-state index contributed by atoms with van der Waals surface area (Å²) in [6, 6.07) is 17.7. The fourth-order valence-corrected chi connectivity index (χ4v) is 3.45. The Labute approximate surface area is 163 Å². The third kappa shape index (κ3) is 4.68. The van der Waals surface area contributed by atoms with Crippen LogP contribution in [0.3, 0.4) is 0 Å². The average molecular weight is 382 g/mol.